The molecule has 0 radical (unpaired) electrons. The standard InChI is InChI=1S/C20H23N/c1-3-4-5-6-7-10-15-21-16-13-19(14-17-21)20-12-9-8-11-18(20)2/h3-6,8-16H,7,17H2,1-2H3/b4-3-,6-5-,15-10-. The molecule has 0 spiro atoms. The summed E-state index contributed by atoms with van der Waals surface area (Å²) in [6.45, 7) is 5.11. The third-order valence-electron chi connectivity index (χ3n) is 3.43. The Labute approximate surface area is 128 Å². The largest absolute Gasteiger partial charge is 0.351 e. The Morgan fingerprint density at radius 2 is 2.00 bits per heavy atom. The molecular weight excluding hydrogens is 254 g/mol. The fourth-order valence-electron chi connectivity index (χ4n) is 2.26. The summed E-state index contributed by atoms with van der Waals surface area (Å²) >= 11 is 0. The molecule has 1 aromatic rings. The molecule has 0 unspecified atom stereocenters. The molecule has 0 saturated heterocycles. The van der Waals surface area contributed by atoms with Crippen molar-refractivity contribution in [3.05, 3.63) is 90.3 Å². The van der Waals surface area contributed by atoms with Crippen LogP contribution in [0.5, 0.6) is 0 Å². The lowest BCUT2D eigenvalue weighted by Gasteiger charge is -2.19. The molecular formula is C20H23N. The first kappa shape index (κ1) is 15.1. The van der Waals surface area contributed by atoms with Crippen LogP contribution in [0.4, 0.5) is 0 Å². The highest BCUT2D eigenvalue weighted by atomic mass is 15.1. The lowest BCUT2D eigenvalue weighted by atomic mass is 9.99. The van der Waals surface area contributed by atoms with Crippen LogP contribution >= 0.6 is 0 Å². The zero-order valence-electron chi connectivity index (χ0n) is 12.9. The molecule has 0 atom stereocenters. The molecule has 0 fully saturated rings. The van der Waals surface area contributed by atoms with Gasteiger partial charge in [0.25, 0.3) is 0 Å². The second-order valence-electron chi connectivity index (χ2n) is 5.06. The van der Waals surface area contributed by atoms with Crippen LogP contribution in [0.1, 0.15) is 24.5 Å². The minimum absolute atomic E-state index is 0.926. The van der Waals surface area contributed by atoms with Gasteiger partial charge < -0.3 is 4.90 Å². The molecule has 108 valence electrons. The van der Waals surface area contributed by atoms with Crippen LogP contribution in [0.3, 0.4) is 0 Å². The number of allylic oxidation sites excluding steroid dienone is 7. The van der Waals surface area contributed by atoms with Crippen molar-refractivity contribution < 1.29 is 0 Å². The average molecular weight is 277 g/mol. The van der Waals surface area contributed by atoms with Crippen molar-refractivity contribution in [3.8, 4) is 0 Å². The van der Waals surface area contributed by atoms with Crippen LogP contribution in [0, 0.1) is 6.92 Å². The topological polar surface area (TPSA) is 3.24 Å². The Balaban J connectivity index is 1.90. The van der Waals surface area contributed by atoms with Crippen molar-refractivity contribution in [2.45, 2.75) is 20.3 Å². The van der Waals surface area contributed by atoms with Gasteiger partial charge in [-0.05, 0) is 43.0 Å². The van der Waals surface area contributed by atoms with E-state index in [0.29, 0.717) is 0 Å². The van der Waals surface area contributed by atoms with E-state index in [4.69, 9.17) is 0 Å². The molecule has 1 aliphatic rings. The zero-order valence-corrected chi connectivity index (χ0v) is 12.9. The maximum absolute atomic E-state index is 2.28. The predicted molar refractivity (Wildman–Crippen MR) is 92.7 cm³/mol. The normalized spacial score (nSPS) is 15.5. The molecule has 0 aliphatic carbocycles. The molecule has 1 heteroatoms. The van der Waals surface area contributed by atoms with Crippen LogP contribution in [0.15, 0.2) is 79.2 Å². The van der Waals surface area contributed by atoms with Crippen molar-refractivity contribution in [3.63, 3.8) is 0 Å². The van der Waals surface area contributed by atoms with Gasteiger partial charge in [-0.25, -0.2) is 0 Å². The third kappa shape index (κ3) is 4.64. The van der Waals surface area contributed by atoms with Gasteiger partial charge in [0.15, 0.2) is 0 Å². The van der Waals surface area contributed by atoms with Crippen LogP contribution in [-0.2, 0) is 0 Å². The fourth-order valence-corrected chi connectivity index (χ4v) is 2.26. The average Bonchev–Trinajstić information content (AvgIpc) is 2.52. The summed E-state index contributed by atoms with van der Waals surface area (Å²) in [5, 5.41) is 0. The number of hydrogen-bond acceptors (Lipinski definition) is 1. The SMILES string of the molecule is C/C=C\C=C/C/C=C\N1C=CC(c2ccccc2C)=CC1. The monoisotopic (exact) mass is 277 g/mol. The first-order chi connectivity index (χ1) is 10.3. The number of nitrogens with zero attached hydrogens (tertiary/aromatic N) is 1. The van der Waals surface area contributed by atoms with E-state index in [0.717, 1.165) is 13.0 Å². The number of benzene rings is 1. The Hall–Kier alpha value is -2.28. The van der Waals surface area contributed by atoms with Crippen molar-refractivity contribution in [2.24, 2.45) is 0 Å². The van der Waals surface area contributed by atoms with Gasteiger partial charge in [-0.2, -0.15) is 0 Å². The summed E-state index contributed by atoms with van der Waals surface area (Å²) in [6, 6.07) is 8.53. The summed E-state index contributed by atoms with van der Waals surface area (Å²) in [5.74, 6) is 0. The lowest BCUT2D eigenvalue weighted by Crippen LogP contribution is -2.12. The van der Waals surface area contributed by atoms with E-state index < -0.39 is 0 Å². The maximum atomic E-state index is 2.28. The number of aryl methyl sites for hydroxylation is 1. The van der Waals surface area contributed by atoms with Gasteiger partial charge in [-0.15, -0.1) is 0 Å². The Morgan fingerprint density at radius 1 is 1.14 bits per heavy atom. The van der Waals surface area contributed by atoms with Gasteiger partial charge in [-0.3, -0.25) is 0 Å². The fraction of sp³-hybridized carbons (Fsp3) is 0.200. The van der Waals surface area contributed by atoms with Crippen LogP contribution in [0.2, 0.25) is 0 Å². The van der Waals surface area contributed by atoms with E-state index in [1.54, 1.807) is 0 Å². The number of hydrogen-bond donors (Lipinski definition) is 0. The van der Waals surface area contributed by atoms with E-state index in [1.165, 1.54) is 16.7 Å². The van der Waals surface area contributed by atoms with E-state index in [9.17, 15) is 0 Å². The highest BCUT2D eigenvalue weighted by molar-refractivity contribution is 5.76. The summed E-state index contributed by atoms with van der Waals surface area (Å²) in [6.07, 6.45) is 20.2. The van der Waals surface area contributed by atoms with Gasteiger partial charge in [0.1, 0.15) is 0 Å². The minimum Gasteiger partial charge on any atom is -0.351 e. The summed E-state index contributed by atoms with van der Waals surface area (Å²) in [4.78, 5) is 2.20. The number of rotatable bonds is 5. The summed E-state index contributed by atoms with van der Waals surface area (Å²) in [5.41, 5.74) is 3.96. The second kappa shape index (κ2) is 8.11. The quantitative estimate of drug-likeness (QED) is 0.665. The van der Waals surface area contributed by atoms with E-state index in [2.05, 4.69) is 78.9 Å². The van der Waals surface area contributed by atoms with Gasteiger partial charge >= 0.3 is 0 Å². The van der Waals surface area contributed by atoms with Crippen LogP contribution < -0.4 is 0 Å². The van der Waals surface area contributed by atoms with Crippen LogP contribution in [0.25, 0.3) is 5.57 Å². The second-order valence-corrected chi connectivity index (χ2v) is 5.06. The smallest absolute Gasteiger partial charge is 0.0409 e. The molecule has 21 heavy (non-hydrogen) atoms. The molecule has 0 aromatic heterocycles. The van der Waals surface area contributed by atoms with Crippen molar-refractivity contribution in [1.29, 1.82) is 0 Å². The van der Waals surface area contributed by atoms with Gasteiger partial charge in [0.2, 0.25) is 0 Å². The van der Waals surface area contributed by atoms with Gasteiger partial charge in [-0.1, -0.05) is 60.7 Å². The predicted octanol–water partition coefficient (Wildman–Crippen LogP) is 5.24. The van der Waals surface area contributed by atoms with Crippen molar-refractivity contribution in [1.82, 2.24) is 4.90 Å². The highest BCUT2D eigenvalue weighted by Crippen LogP contribution is 2.22. The molecule has 0 N–H and O–H groups in total. The van der Waals surface area contributed by atoms with Gasteiger partial charge in [0, 0.05) is 18.9 Å². The van der Waals surface area contributed by atoms with Gasteiger partial charge in [0.05, 0.1) is 0 Å². The third-order valence-corrected chi connectivity index (χ3v) is 3.43. The first-order valence-corrected chi connectivity index (χ1v) is 7.46. The molecule has 1 heterocycles. The maximum Gasteiger partial charge on any atom is 0.0409 e. The molecule has 2 rings (SSSR count). The van der Waals surface area contributed by atoms with E-state index >= 15 is 0 Å². The molecule has 0 saturated carbocycles. The molecule has 1 nitrogen and oxygen atoms in total. The van der Waals surface area contributed by atoms with Crippen LogP contribution in [-0.4, -0.2) is 11.4 Å². The summed E-state index contributed by atoms with van der Waals surface area (Å²) < 4.78 is 0. The van der Waals surface area contributed by atoms with E-state index in [1.807, 2.05) is 19.1 Å². The zero-order chi connectivity index (χ0) is 14.9. The molecule has 0 bridgehead atoms. The Bertz CT molecular complexity index is 600. The molecule has 1 aliphatic heterocycles. The Morgan fingerprint density at radius 3 is 2.71 bits per heavy atom. The molecule has 0 amide bonds. The van der Waals surface area contributed by atoms with Crippen molar-refractivity contribution >= 4 is 5.57 Å². The minimum atomic E-state index is 0.926. The van der Waals surface area contributed by atoms with Crippen molar-refractivity contribution in [2.75, 3.05) is 6.54 Å². The lowest BCUT2D eigenvalue weighted by molar-refractivity contribution is 0.560. The first-order valence-electron chi connectivity index (χ1n) is 7.46. The Kier molecular flexibility index (Phi) is 5.83. The van der Waals surface area contributed by atoms with E-state index in [-0.39, 0.29) is 0 Å². The highest BCUT2D eigenvalue weighted by Gasteiger charge is 2.05. The molecule has 1 aromatic carbocycles. The summed E-state index contributed by atoms with van der Waals surface area (Å²) in [7, 11) is 0.